The van der Waals surface area contributed by atoms with Crippen LogP contribution in [0.1, 0.15) is 13.3 Å². The van der Waals surface area contributed by atoms with E-state index in [1.165, 1.54) is 4.90 Å². The molecule has 0 radical (unpaired) electrons. The van der Waals surface area contributed by atoms with Crippen LogP contribution in [0.3, 0.4) is 0 Å². The highest BCUT2D eigenvalue weighted by Crippen LogP contribution is 2.31. The average molecular weight is 198 g/mol. The lowest BCUT2D eigenvalue weighted by Gasteiger charge is -2.22. The molecule has 0 aromatic carbocycles. The smallest absolute Gasteiger partial charge is 0.407 e. The first kappa shape index (κ1) is 9.30. The summed E-state index contributed by atoms with van der Waals surface area (Å²) in [5, 5.41) is 8.82. The van der Waals surface area contributed by atoms with E-state index in [0.717, 1.165) is 13.0 Å². The van der Waals surface area contributed by atoms with E-state index in [2.05, 4.69) is 0 Å². The molecule has 0 aromatic heterocycles. The number of hydrogen-bond donors (Lipinski definition) is 1. The van der Waals surface area contributed by atoms with E-state index < -0.39 is 6.09 Å². The van der Waals surface area contributed by atoms with Crippen molar-refractivity contribution in [3.05, 3.63) is 0 Å². The lowest BCUT2D eigenvalue weighted by atomic mass is 10.1. The number of likely N-dealkylation sites (tertiary alicyclic amines) is 2. The second kappa shape index (κ2) is 3.15. The maximum absolute atomic E-state index is 11.2. The highest BCUT2D eigenvalue weighted by Gasteiger charge is 2.43. The fraction of sp³-hybridized carbons (Fsp3) is 0.778. The third-order valence-corrected chi connectivity index (χ3v) is 3.22. The Morgan fingerprint density at radius 1 is 1.36 bits per heavy atom. The van der Waals surface area contributed by atoms with Crippen molar-refractivity contribution in [3.8, 4) is 0 Å². The van der Waals surface area contributed by atoms with Crippen molar-refractivity contribution in [2.75, 3.05) is 19.6 Å². The van der Waals surface area contributed by atoms with E-state index in [1.807, 2.05) is 0 Å². The fourth-order valence-corrected chi connectivity index (χ4v) is 2.51. The molecule has 0 saturated carbocycles. The number of carboxylic acid groups (broad SMARTS) is 1. The Labute approximate surface area is 82.3 Å². The highest BCUT2D eigenvalue weighted by molar-refractivity contribution is 5.74. The molecule has 2 aliphatic rings. The van der Waals surface area contributed by atoms with Gasteiger partial charge in [0.15, 0.2) is 0 Å². The third kappa shape index (κ3) is 1.32. The molecule has 14 heavy (non-hydrogen) atoms. The number of nitrogens with zero attached hydrogens (tertiary/aromatic N) is 2. The Kier molecular flexibility index (Phi) is 2.09. The quantitative estimate of drug-likeness (QED) is 0.605. The molecule has 2 fully saturated rings. The molecule has 0 aromatic rings. The number of rotatable bonds is 0. The molecule has 2 saturated heterocycles. The molecule has 2 atom stereocenters. The van der Waals surface area contributed by atoms with Crippen LogP contribution in [-0.2, 0) is 4.79 Å². The van der Waals surface area contributed by atoms with Gasteiger partial charge in [0.2, 0.25) is 5.91 Å². The number of carbonyl (C=O) groups is 2. The van der Waals surface area contributed by atoms with Crippen LogP contribution >= 0.6 is 0 Å². The zero-order chi connectivity index (χ0) is 10.3. The molecule has 5 nitrogen and oxygen atoms in total. The van der Waals surface area contributed by atoms with Crippen LogP contribution in [0.25, 0.3) is 0 Å². The minimum atomic E-state index is -0.872. The van der Waals surface area contributed by atoms with E-state index in [1.54, 1.807) is 11.8 Å². The average Bonchev–Trinajstić information content (AvgIpc) is 2.58. The predicted octanol–water partition coefficient (Wildman–Crippen LogP) is 0.217. The molecular formula is C9H14N2O3. The van der Waals surface area contributed by atoms with E-state index in [4.69, 9.17) is 5.11 Å². The molecule has 0 aliphatic carbocycles. The maximum Gasteiger partial charge on any atom is 0.407 e. The Balaban J connectivity index is 2.06. The van der Waals surface area contributed by atoms with Crippen molar-refractivity contribution in [2.45, 2.75) is 19.4 Å². The van der Waals surface area contributed by atoms with Gasteiger partial charge in [0, 0.05) is 32.5 Å². The topological polar surface area (TPSA) is 60.9 Å². The maximum atomic E-state index is 11.2. The van der Waals surface area contributed by atoms with Gasteiger partial charge in [0.1, 0.15) is 0 Å². The van der Waals surface area contributed by atoms with Crippen molar-refractivity contribution < 1.29 is 14.7 Å². The van der Waals surface area contributed by atoms with Crippen LogP contribution in [0.4, 0.5) is 4.79 Å². The largest absolute Gasteiger partial charge is 0.465 e. The van der Waals surface area contributed by atoms with Crippen molar-refractivity contribution >= 4 is 12.0 Å². The molecule has 1 N–H and O–H groups in total. The molecule has 2 heterocycles. The van der Waals surface area contributed by atoms with Crippen molar-refractivity contribution in [1.82, 2.24) is 9.80 Å². The minimum Gasteiger partial charge on any atom is -0.465 e. The lowest BCUT2D eigenvalue weighted by Crippen LogP contribution is -2.39. The summed E-state index contributed by atoms with van der Waals surface area (Å²) in [5.74, 6) is 0.416. The summed E-state index contributed by atoms with van der Waals surface area (Å²) in [7, 11) is 0. The standard InChI is InChI=1S/C9H14N2O3/c1-6(12)11-3-2-7-4-10(9(13)14)5-8(7)11/h7-8H,2-5H2,1H3,(H,13,14). The Hall–Kier alpha value is -1.26. The summed E-state index contributed by atoms with van der Waals surface area (Å²) in [6, 6.07) is 0.128. The van der Waals surface area contributed by atoms with Gasteiger partial charge in [-0.1, -0.05) is 0 Å². The lowest BCUT2D eigenvalue weighted by molar-refractivity contribution is -0.129. The van der Waals surface area contributed by atoms with Gasteiger partial charge in [0.25, 0.3) is 0 Å². The number of hydrogen-bond acceptors (Lipinski definition) is 2. The van der Waals surface area contributed by atoms with Gasteiger partial charge in [-0.2, -0.15) is 0 Å². The minimum absolute atomic E-state index is 0.0599. The molecule has 0 spiro atoms. The van der Waals surface area contributed by atoms with E-state index in [0.29, 0.717) is 19.0 Å². The zero-order valence-electron chi connectivity index (χ0n) is 8.14. The van der Waals surface area contributed by atoms with E-state index in [9.17, 15) is 9.59 Å². The van der Waals surface area contributed by atoms with Crippen molar-refractivity contribution in [3.63, 3.8) is 0 Å². The first-order valence-corrected chi connectivity index (χ1v) is 4.84. The van der Waals surface area contributed by atoms with Gasteiger partial charge in [-0.15, -0.1) is 0 Å². The van der Waals surface area contributed by atoms with Gasteiger partial charge in [-0.3, -0.25) is 4.79 Å². The summed E-state index contributed by atoms with van der Waals surface area (Å²) in [6.07, 6.45) is 0.0662. The molecular weight excluding hydrogens is 184 g/mol. The van der Waals surface area contributed by atoms with Crippen LogP contribution in [0.2, 0.25) is 0 Å². The SMILES string of the molecule is CC(=O)N1CCC2CN(C(=O)O)CC21. The van der Waals surface area contributed by atoms with Gasteiger partial charge >= 0.3 is 6.09 Å². The fourth-order valence-electron chi connectivity index (χ4n) is 2.51. The van der Waals surface area contributed by atoms with Crippen LogP contribution in [0.15, 0.2) is 0 Å². The summed E-state index contributed by atoms with van der Waals surface area (Å²) < 4.78 is 0. The number of carbonyl (C=O) groups excluding carboxylic acids is 1. The molecule has 78 valence electrons. The van der Waals surface area contributed by atoms with Crippen molar-refractivity contribution in [1.29, 1.82) is 0 Å². The third-order valence-electron chi connectivity index (χ3n) is 3.22. The first-order chi connectivity index (χ1) is 6.59. The van der Waals surface area contributed by atoms with Gasteiger partial charge < -0.3 is 14.9 Å². The van der Waals surface area contributed by atoms with Crippen LogP contribution in [-0.4, -0.2) is 52.6 Å². The summed E-state index contributed by atoms with van der Waals surface area (Å²) in [4.78, 5) is 25.2. The van der Waals surface area contributed by atoms with Crippen LogP contribution < -0.4 is 0 Å². The molecule has 2 aliphatic heterocycles. The molecule has 5 heteroatoms. The molecule has 2 unspecified atom stereocenters. The molecule has 2 rings (SSSR count). The second-order valence-electron chi connectivity index (χ2n) is 4.02. The van der Waals surface area contributed by atoms with E-state index >= 15 is 0 Å². The summed E-state index contributed by atoms with van der Waals surface area (Å²) in [6.45, 7) is 3.41. The molecule has 0 bridgehead atoms. The molecule has 2 amide bonds. The number of amides is 2. The van der Waals surface area contributed by atoms with Crippen molar-refractivity contribution in [2.24, 2.45) is 5.92 Å². The Bertz CT molecular complexity index is 279. The van der Waals surface area contributed by atoms with Gasteiger partial charge in [0.05, 0.1) is 6.04 Å². The summed E-state index contributed by atoms with van der Waals surface area (Å²) in [5.41, 5.74) is 0. The highest BCUT2D eigenvalue weighted by atomic mass is 16.4. The first-order valence-electron chi connectivity index (χ1n) is 4.84. The van der Waals surface area contributed by atoms with Crippen LogP contribution in [0.5, 0.6) is 0 Å². The Morgan fingerprint density at radius 3 is 2.64 bits per heavy atom. The van der Waals surface area contributed by atoms with Gasteiger partial charge in [-0.05, 0) is 6.42 Å². The zero-order valence-corrected chi connectivity index (χ0v) is 8.14. The normalized spacial score (nSPS) is 30.6. The summed E-state index contributed by atoms with van der Waals surface area (Å²) >= 11 is 0. The Morgan fingerprint density at radius 2 is 2.07 bits per heavy atom. The van der Waals surface area contributed by atoms with Crippen LogP contribution in [0, 0.1) is 5.92 Å². The van der Waals surface area contributed by atoms with Gasteiger partial charge in [-0.25, -0.2) is 4.79 Å². The van der Waals surface area contributed by atoms with E-state index in [-0.39, 0.29) is 11.9 Å². The number of fused-ring (bicyclic) bond motifs is 1. The second-order valence-corrected chi connectivity index (χ2v) is 4.02. The monoisotopic (exact) mass is 198 g/mol. The predicted molar refractivity (Wildman–Crippen MR) is 48.9 cm³/mol.